The summed E-state index contributed by atoms with van der Waals surface area (Å²) in [4.78, 5) is 17.1. The van der Waals surface area contributed by atoms with Crippen LogP contribution in [0.25, 0.3) is 0 Å². The van der Waals surface area contributed by atoms with E-state index >= 15 is 0 Å². The van der Waals surface area contributed by atoms with Crippen LogP contribution in [0.15, 0.2) is 6.07 Å². The van der Waals surface area contributed by atoms with E-state index in [2.05, 4.69) is 45.8 Å². The maximum Gasteiger partial charge on any atom is 0.225 e. The van der Waals surface area contributed by atoms with Crippen LogP contribution in [0.2, 0.25) is 0 Å². The molecule has 5 nitrogen and oxygen atoms in total. The molecule has 1 aromatic rings. The number of carbonyl (C=O) groups excluding carboxylic acids is 1. The monoisotopic (exact) mass is 388 g/mol. The molecule has 5 heteroatoms. The number of nitrogens with zero attached hydrogens (tertiary/aromatic N) is 2. The van der Waals surface area contributed by atoms with Crippen LogP contribution in [0.4, 0.5) is 0 Å². The minimum atomic E-state index is 0.0595. The number of hydrogen-bond donors (Lipinski definition) is 0. The first-order valence-electron chi connectivity index (χ1n) is 10.6. The highest BCUT2D eigenvalue weighted by Gasteiger charge is 2.32. The lowest BCUT2D eigenvalue weighted by Gasteiger charge is -2.35. The van der Waals surface area contributed by atoms with E-state index < -0.39 is 0 Å². The van der Waals surface area contributed by atoms with Crippen LogP contribution in [-0.4, -0.2) is 69.3 Å². The topological polar surface area (TPSA) is 42.0 Å². The lowest BCUT2D eigenvalue weighted by atomic mass is 9.74. The van der Waals surface area contributed by atoms with Gasteiger partial charge in [0.25, 0.3) is 0 Å². The Bertz CT molecular complexity index is 696. The van der Waals surface area contributed by atoms with E-state index in [9.17, 15) is 4.79 Å². The second-order valence-electron chi connectivity index (χ2n) is 8.65. The van der Waals surface area contributed by atoms with E-state index in [0.29, 0.717) is 31.6 Å². The fraction of sp³-hybridized carbons (Fsp3) is 0.696. The summed E-state index contributed by atoms with van der Waals surface area (Å²) < 4.78 is 11.5. The molecular weight excluding hydrogens is 352 g/mol. The molecule has 0 bridgehead atoms. The Balaban J connectivity index is 1.73. The highest BCUT2D eigenvalue weighted by atomic mass is 16.5. The minimum absolute atomic E-state index is 0.0595. The molecule has 0 saturated carbocycles. The Morgan fingerprint density at radius 1 is 1.29 bits per heavy atom. The second-order valence-corrected chi connectivity index (χ2v) is 8.65. The van der Waals surface area contributed by atoms with Crippen molar-refractivity contribution in [3.63, 3.8) is 0 Å². The third-order valence-electron chi connectivity index (χ3n) is 6.46. The van der Waals surface area contributed by atoms with Crippen molar-refractivity contribution >= 4 is 5.91 Å². The number of likely N-dealkylation sites (N-methyl/N-ethyl adjacent to an activating group) is 1. The van der Waals surface area contributed by atoms with Gasteiger partial charge in [-0.25, -0.2) is 0 Å². The third kappa shape index (κ3) is 4.69. The van der Waals surface area contributed by atoms with E-state index in [4.69, 9.17) is 9.47 Å². The van der Waals surface area contributed by atoms with Crippen LogP contribution in [0.1, 0.15) is 35.6 Å². The number of carbonyl (C=O) groups is 1. The molecule has 2 atom stereocenters. The van der Waals surface area contributed by atoms with Crippen LogP contribution in [0.5, 0.6) is 5.75 Å². The summed E-state index contributed by atoms with van der Waals surface area (Å²) in [6.07, 6.45) is 3.13. The van der Waals surface area contributed by atoms with Crippen molar-refractivity contribution in [2.24, 2.45) is 11.8 Å². The summed E-state index contributed by atoms with van der Waals surface area (Å²) in [5, 5.41) is 0. The molecule has 1 aliphatic heterocycles. The number of hydrogen-bond acceptors (Lipinski definition) is 4. The van der Waals surface area contributed by atoms with Crippen LogP contribution >= 0.6 is 0 Å². The van der Waals surface area contributed by atoms with Crippen molar-refractivity contribution in [2.45, 2.75) is 40.0 Å². The quantitative estimate of drug-likeness (QED) is 0.752. The number of fused-ring (bicyclic) bond motifs is 1. The van der Waals surface area contributed by atoms with Gasteiger partial charge in [-0.15, -0.1) is 0 Å². The Labute approximate surface area is 170 Å². The van der Waals surface area contributed by atoms with Gasteiger partial charge in [0.05, 0.1) is 13.2 Å². The molecule has 156 valence electrons. The first-order valence-corrected chi connectivity index (χ1v) is 10.6. The SMILES string of the molecule is Cc1cc(OCCN(C)C)c(C)c2c1CCC(C(C)C(=O)N1CCOCC1)C2. The van der Waals surface area contributed by atoms with Crippen molar-refractivity contribution in [1.29, 1.82) is 0 Å². The molecule has 1 aliphatic carbocycles. The predicted molar refractivity (Wildman–Crippen MR) is 112 cm³/mol. The highest BCUT2D eigenvalue weighted by Crippen LogP contribution is 2.38. The lowest BCUT2D eigenvalue weighted by molar-refractivity contribution is -0.141. The molecule has 1 heterocycles. The third-order valence-corrected chi connectivity index (χ3v) is 6.46. The van der Waals surface area contributed by atoms with Gasteiger partial charge in [0.15, 0.2) is 0 Å². The molecule has 3 rings (SSSR count). The number of benzene rings is 1. The van der Waals surface area contributed by atoms with Crippen molar-refractivity contribution in [2.75, 3.05) is 53.6 Å². The fourth-order valence-electron chi connectivity index (χ4n) is 4.51. The van der Waals surface area contributed by atoms with Gasteiger partial charge < -0.3 is 19.3 Å². The zero-order chi connectivity index (χ0) is 20.3. The molecule has 0 N–H and O–H groups in total. The van der Waals surface area contributed by atoms with Crippen LogP contribution < -0.4 is 4.74 Å². The highest BCUT2D eigenvalue weighted by molar-refractivity contribution is 5.79. The molecule has 2 aliphatic rings. The molecule has 2 unspecified atom stereocenters. The van der Waals surface area contributed by atoms with E-state index in [1.54, 1.807) is 0 Å². The van der Waals surface area contributed by atoms with E-state index in [1.807, 2.05) is 4.90 Å². The molecule has 1 amide bonds. The lowest BCUT2D eigenvalue weighted by Crippen LogP contribution is -2.45. The standard InChI is InChI=1S/C23H36N2O3/c1-16-14-22(28-13-8-24(4)5)18(3)21-15-19(6-7-20(16)21)17(2)23(26)25-9-11-27-12-10-25/h14,17,19H,6-13,15H2,1-5H3. The van der Waals surface area contributed by atoms with Gasteiger partial charge in [0.1, 0.15) is 12.4 Å². The molecule has 1 saturated heterocycles. The van der Waals surface area contributed by atoms with Crippen molar-refractivity contribution < 1.29 is 14.3 Å². The molecule has 1 fully saturated rings. The van der Waals surface area contributed by atoms with Gasteiger partial charge in [-0.3, -0.25) is 4.79 Å². The zero-order valence-corrected chi connectivity index (χ0v) is 18.2. The molecule has 28 heavy (non-hydrogen) atoms. The summed E-state index contributed by atoms with van der Waals surface area (Å²) >= 11 is 0. The van der Waals surface area contributed by atoms with Crippen LogP contribution in [-0.2, 0) is 22.4 Å². The largest absolute Gasteiger partial charge is 0.492 e. The predicted octanol–water partition coefficient (Wildman–Crippen LogP) is 2.84. The van der Waals surface area contributed by atoms with Crippen LogP contribution in [0, 0.1) is 25.7 Å². The number of morpholine rings is 1. The molecule has 0 radical (unpaired) electrons. The number of ether oxygens (including phenoxy) is 2. The smallest absolute Gasteiger partial charge is 0.225 e. The number of amides is 1. The molecular formula is C23H36N2O3. The van der Waals surface area contributed by atoms with Crippen molar-refractivity contribution in [3.8, 4) is 5.75 Å². The van der Waals surface area contributed by atoms with Crippen molar-refractivity contribution in [1.82, 2.24) is 9.80 Å². The fourth-order valence-corrected chi connectivity index (χ4v) is 4.51. The van der Waals surface area contributed by atoms with Gasteiger partial charge in [-0.2, -0.15) is 0 Å². The number of aryl methyl sites for hydroxylation is 1. The Morgan fingerprint density at radius 2 is 2.00 bits per heavy atom. The van der Waals surface area contributed by atoms with Gasteiger partial charge in [0, 0.05) is 25.6 Å². The average Bonchev–Trinajstić information content (AvgIpc) is 2.70. The van der Waals surface area contributed by atoms with E-state index in [1.165, 1.54) is 22.3 Å². The van der Waals surface area contributed by atoms with E-state index in [-0.39, 0.29) is 5.92 Å². The maximum absolute atomic E-state index is 13.0. The van der Waals surface area contributed by atoms with Gasteiger partial charge in [-0.1, -0.05) is 6.92 Å². The summed E-state index contributed by atoms with van der Waals surface area (Å²) in [5.74, 6) is 1.76. The van der Waals surface area contributed by atoms with Crippen LogP contribution in [0.3, 0.4) is 0 Å². The average molecular weight is 389 g/mol. The second kappa shape index (κ2) is 9.27. The van der Waals surface area contributed by atoms with Gasteiger partial charge in [0.2, 0.25) is 5.91 Å². The normalized spacial score (nSPS) is 20.8. The Hall–Kier alpha value is -1.59. The summed E-state index contributed by atoms with van der Waals surface area (Å²) in [6, 6.07) is 2.20. The molecule has 0 aromatic heterocycles. The van der Waals surface area contributed by atoms with Gasteiger partial charge in [-0.05, 0) is 81.4 Å². The number of rotatable bonds is 6. The zero-order valence-electron chi connectivity index (χ0n) is 18.2. The van der Waals surface area contributed by atoms with Gasteiger partial charge >= 0.3 is 0 Å². The summed E-state index contributed by atoms with van der Waals surface area (Å²) in [7, 11) is 4.12. The summed E-state index contributed by atoms with van der Waals surface area (Å²) in [6.45, 7) is 10.9. The Kier molecular flexibility index (Phi) is 7.00. The van der Waals surface area contributed by atoms with E-state index in [0.717, 1.165) is 44.6 Å². The summed E-state index contributed by atoms with van der Waals surface area (Å²) in [5.41, 5.74) is 5.47. The maximum atomic E-state index is 13.0. The first-order chi connectivity index (χ1) is 13.4. The molecule has 1 aromatic carbocycles. The molecule has 0 spiro atoms. The first kappa shape index (κ1) is 21.1. The Morgan fingerprint density at radius 3 is 2.68 bits per heavy atom. The van der Waals surface area contributed by atoms with Crippen molar-refractivity contribution in [3.05, 3.63) is 28.3 Å². The minimum Gasteiger partial charge on any atom is -0.492 e.